The van der Waals surface area contributed by atoms with Crippen LogP contribution in [0.15, 0.2) is 73.1 Å². The number of hydrogen-bond acceptors (Lipinski definition) is 3. The average molecular weight is 411 g/mol. The van der Waals surface area contributed by atoms with Crippen LogP contribution >= 0.6 is 0 Å². The monoisotopic (exact) mass is 410 g/mol. The molecule has 5 nitrogen and oxygen atoms in total. The van der Waals surface area contributed by atoms with Crippen molar-refractivity contribution in [3.05, 3.63) is 89.7 Å². The fourth-order valence-electron chi connectivity index (χ4n) is 4.42. The van der Waals surface area contributed by atoms with E-state index in [1.54, 1.807) is 0 Å². The number of carbonyl (C=O) groups excluding carboxylic acids is 1. The highest BCUT2D eigenvalue weighted by molar-refractivity contribution is 5.94. The number of aromatic nitrogens is 2. The number of imidazole rings is 1. The highest BCUT2D eigenvalue weighted by atomic mass is 16.2. The minimum atomic E-state index is 0.0994. The van der Waals surface area contributed by atoms with Crippen LogP contribution in [0.4, 0.5) is 5.69 Å². The molecule has 0 radical (unpaired) electrons. The minimum absolute atomic E-state index is 0.0994. The first-order valence-electron chi connectivity index (χ1n) is 10.7. The van der Waals surface area contributed by atoms with Crippen LogP contribution in [0.2, 0.25) is 0 Å². The largest absolute Gasteiger partial charge is 0.368 e. The van der Waals surface area contributed by atoms with Gasteiger partial charge in [0.25, 0.3) is 5.91 Å². The molecule has 1 aliphatic heterocycles. The molecule has 0 aliphatic carbocycles. The number of aryl methyl sites for hydroxylation is 2. The molecule has 4 aromatic rings. The molecule has 1 amide bonds. The Kier molecular flexibility index (Phi) is 4.94. The van der Waals surface area contributed by atoms with Crippen LogP contribution in [0, 0.1) is 13.8 Å². The third kappa shape index (κ3) is 3.67. The van der Waals surface area contributed by atoms with E-state index < -0.39 is 0 Å². The van der Waals surface area contributed by atoms with Crippen molar-refractivity contribution in [2.45, 2.75) is 13.8 Å². The summed E-state index contributed by atoms with van der Waals surface area (Å²) >= 11 is 0. The van der Waals surface area contributed by atoms with E-state index in [0.717, 1.165) is 48.5 Å². The van der Waals surface area contributed by atoms with E-state index >= 15 is 0 Å². The minimum Gasteiger partial charge on any atom is -0.368 e. The molecule has 2 heterocycles. The molecule has 5 rings (SSSR count). The molecule has 1 fully saturated rings. The van der Waals surface area contributed by atoms with E-state index in [1.807, 2.05) is 58.3 Å². The van der Waals surface area contributed by atoms with Crippen molar-refractivity contribution in [3.8, 4) is 5.69 Å². The van der Waals surface area contributed by atoms with Crippen molar-refractivity contribution < 1.29 is 4.79 Å². The first-order valence-corrected chi connectivity index (χ1v) is 10.7. The molecule has 0 spiro atoms. The van der Waals surface area contributed by atoms with Crippen molar-refractivity contribution in [3.63, 3.8) is 0 Å². The maximum absolute atomic E-state index is 13.1. The fraction of sp³-hybridized carbons (Fsp3) is 0.231. The lowest BCUT2D eigenvalue weighted by Crippen LogP contribution is -2.49. The number of piperazine rings is 1. The first-order chi connectivity index (χ1) is 15.1. The van der Waals surface area contributed by atoms with E-state index in [9.17, 15) is 4.79 Å². The molecular weight excluding hydrogens is 384 g/mol. The summed E-state index contributed by atoms with van der Waals surface area (Å²) < 4.78 is 2.05. The van der Waals surface area contributed by atoms with Gasteiger partial charge in [0.05, 0.1) is 11.0 Å². The lowest BCUT2D eigenvalue weighted by Gasteiger charge is -2.37. The van der Waals surface area contributed by atoms with E-state index in [0.29, 0.717) is 0 Å². The van der Waals surface area contributed by atoms with Crippen LogP contribution in [0.3, 0.4) is 0 Å². The Hall–Kier alpha value is -3.60. The van der Waals surface area contributed by atoms with Crippen LogP contribution in [0.1, 0.15) is 21.5 Å². The summed E-state index contributed by atoms with van der Waals surface area (Å²) in [5.74, 6) is 0.0994. The average Bonchev–Trinajstić information content (AvgIpc) is 3.23. The topological polar surface area (TPSA) is 41.4 Å². The second-order valence-corrected chi connectivity index (χ2v) is 8.22. The van der Waals surface area contributed by atoms with Gasteiger partial charge < -0.3 is 9.80 Å². The van der Waals surface area contributed by atoms with E-state index in [4.69, 9.17) is 0 Å². The predicted octanol–water partition coefficient (Wildman–Crippen LogP) is 4.60. The summed E-state index contributed by atoms with van der Waals surface area (Å²) in [6.07, 6.45) is 1.83. The van der Waals surface area contributed by atoms with E-state index in [1.165, 1.54) is 16.8 Å². The number of carbonyl (C=O) groups is 1. The lowest BCUT2D eigenvalue weighted by atomic mass is 10.1. The third-order valence-corrected chi connectivity index (χ3v) is 6.11. The molecule has 1 aromatic heterocycles. The summed E-state index contributed by atoms with van der Waals surface area (Å²) in [6, 6.07) is 22.4. The summed E-state index contributed by atoms with van der Waals surface area (Å²) in [5.41, 5.74) is 7.60. The Balaban J connectivity index is 1.28. The number of fused-ring (bicyclic) bond motifs is 1. The number of amides is 1. The maximum Gasteiger partial charge on any atom is 0.253 e. The van der Waals surface area contributed by atoms with Crippen molar-refractivity contribution >= 4 is 22.6 Å². The zero-order valence-electron chi connectivity index (χ0n) is 18.0. The van der Waals surface area contributed by atoms with Crippen LogP contribution in [-0.4, -0.2) is 46.5 Å². The third-order valence-electron chi connectivity index (χ3n) is 6.11. The Morgan fingerprint density at radius 2 is 1.61 bits per heavy atom. The molecule has 0 saturated carbocycles. The summed E-state index contributed by atoms with van der Waals surface area (Å²) in [4.78, 5) is 21.8. The van der Waals surface area contributed by atoms with Gasteiger partial charge in [0.2, 0.25) is 0 Å². The zero-order valence-corrected chi connectivity index (χ0v) is 18.0. The van der Waals surface area contributed by atoms with E-state index in [2.05, 4.69) is 48.0 Å². The number of nitrogens with zero attached hydrogens (tertiary/aromatic N) is 4. The summed E-state index contributed by atoms with van der Waals surface area (Å²) in [7, 11) is 0. The van der Waals surface area contributed by atoms with Gasteiger partial charge in [-0.25, -0.2) is 4.98 Å². The molecule has 3 aromatic carbocycles. The lowest BCUT2D eigenvalue weighted by molar-refractivity contribution is 0.0747. The smallest absolute Gasteiger partial charge is 0.253 e. The van der Waals surface area contributed by atoms with Gasteiger partial charge in [-0.15, -0.1) is 0 Å². The number of rotatable bonds is 3. The van der Waals surface area contributed by atoms with Crippen LogP contribution in [-0.2, 0) is 0 Å². The summed E-state index contributed by atoms with van der Waals surface area (Å²) in [5, 5.41) is 0. The van der Waals surface area contributed by atoms with Gasteiger partial charge in [-0.1, -0.05) is 29.8 Å². The van der Waals surface area contributed by atoms with Crippen molar-refractivity contribution in [2.75, 3.05) is 31.1 Å². The molecule has 0 unspecified atom stereocenters. The number of hydrogen-bond donors (Lipinski definition) is 0. The van der Waals surface area contributed by atoms with Crippen LogP contribution < -0.4 is 4.90 Å². The summed E-state index contributed by atoms with van der Waals surface area (Å²) in [6.45, 7) is 7.46. The fourth-order valence-corrected chi connectivity index (χ4v) is 4.42. The van der Waals surface area contributed by atoms with Gasteiger partial charge in [0.15, 0.2) is 0 Å². The number of para-hydroxylation sites is 2. The molecule has 0 bridgehead atoms. The van der Waals surface area contributed by atoms with Gasteiger partial charge in [-0.05, 0) is 61.9 Å². The van der Waals surface area contributed by atoms with Crippen LogP contribution in [0.5, 0.6) is 0 Å². The predicted molar refractivity (Wildman–Crippen MR) is 125 cm³/mol. The van der Waals surface area contributed by atoms with Crippen molar-refractivity contribution in [1.29, 1.82) is 0 Å². The molecule has 0 N–H and O–H groups in total. The Bertz CT molecular complexity index is 1230. The Morgan fingerprint density at radius 3 is 2.35 bits per heavy atom. The normalized spacial score (nSPS) is 14.3. The number of benzene rings is 3. The van der Waals surface area contributed by atoms with Crippen LogP contribution in [0.25, 0.3) is 16.7 Å². The molecule has 31 heavy (non-hydrogen) atoms. The highest BCUT2D eigenvalue weighted by Crippen LogP contribution is 2.23. The van der Waals surface area contributed by atoms with E-state index in [-0.39, 0.29) is 5.91 Å². The second-order valence-electron chi connectivity index (χ2n) is 8.22. The quantitative estimate of drug-likeness (QED) is 0.495. The van der Waals surface area contributed by atoms with Gasteiger partial charge in [0.1, 0.15) is 6.33 Å². The molecule has 5 heteroatoms. The Labute approximate surface area is 182 Å². The molecule has 1 saturated heterocycles. The maximum atomic E-state index is 13.1. The second kappa shape index (κ2) is 7.91. The van der Waals surface area contributed by atoms with Gasteiger partial charge in [-0.2, -0.15) is 0 Å². The SMILES string of the molecule is Cc1ccc(N2CCN(C(=O)c3ccc(-n4cnc5ccccc54)cc3)CC2)c(C)c1. The Morgan fingerprint density at radius 1 is 0.871 bits per heavy atom. The van der Waals surface area contributed by atoms with Gasteiger partial charge in [0, 0.05) is 43.1 Å². The molecule has 156 valence electrons. The molecule has 0 atom stereocenters. The number of anilines is 1. The van der Waals surface area contributed by atoms with Gasteiger partial charge in [-0.3, -0.25) is 9.36 Å². The molecular formula is C26H26N4O. The zero-order chi connectivity index (χ0) is 21.4. The van der Waals surface area contributed by atoms with Crippen molar-refractivity contribution in [1.82, 2.24) is 14.5 Å². The van der Waals surface area contributed by atoms with Gasteiger partial charge >= 0.3 is 0 Å². The first kappa shape index (κ1) is 19.4. The molecule has 1 aliphatic rings. The van der Waals surface area contributed by atoms with Crippen molar-refractivity contribution in [2.24, 2.45) is 0 Å². The standard InChI is InChI=1S/C26H26N4O/c1-19-7-12-24(20(2)17-19)28-13-15-29(16-14-28)26(31)21-8-10-22(11-9-21)30-18-27-23-5-3-4-6-25(23)30/h3-12,17-18H,13-16H2,1-2H3. The highest BCUT2D eigenvalue weighted by Gasteiger charge is 2.23.